The van der Waals surface area contributed by atoms with Gasteiger partial charge in [0.2, 0.25) is 0 Å². The van der Waals surface area contributed by atoms with Crippen LogP contribution in [0.4, 0.5) is 0 Å². The van der Waals surface area contributed by atoms with E-state index in [0.717, 1.165) is 5.75 Å². The molecular weight excluding hydrogens is 239 g/mol. The Bertz CT molecular complexity index is 164. The first-order chi connectivity index (χ1) is 5.02. The van der Waals surface area contributed by atoms with Crippen LogP contribution in [0.5, 0.6) is 0 Å². The summed E-state index contributed by atoms with van der Waals surface area (Å²) in [5, 5.41) is 0.374. The number of rotatable bonds is 3. The molecule has 0 saturated carbocycles. The van der Waals surface area contributed by atoms with Crippen LogP contribution in [0.1, 0.15) is 6.92 Å². The molecule has 0 aliphatic heterocycles. The van der Waals surface area contributed by atoms with Crippen molar-refractivity contribution in [2.75, 3.05) is 5.75 Å². The van der Waals surface area contributed by atoms with Gasteiger partial charge in [0.1, 0.15) is 8.64 Å². The molecule has 0 aliphatic rings. The average molecular weight is 250 g/mol. The van der Waals surface area contributed by atoms with Crippen LogP contribution in [-0.4, -0.2) is 49.2 Å². The Balaban J connectivity index is 0. The molecule has 0 fully saturated rings. The molecule has 7 heteroatoms. The molecule has 2 nitrogen and oxygen atoms in total. The predicted octanol–water partition coefficient (Wildman–Crippen LogP) is 0.680. The second kappa shape index (κ2) is 9.05. The van der Waals surface area contributed by atoms with Crippen LogP contribution in [0.25, 0.3) is 0 Å². The molecule has 0 aliphatic carbocycles. The molecule has 12 heavy (non-hydrogen) atoms. The molecule has 0 amide bonds. The Hall–Kier alpha value is 1.48. The van der Waals surface area contributed by atoms with E-state index in [0.29, 0.717) is 13.9 Å². The average Bonchev–Trinajstić information content (AvgIpc) is 1.82. The molecule has 4 N–H and O–H groups in total. The summed E-state index contributed by atoms with van der Waals surface area (Å²) in [6.07, 6.45) is 0. The number of nitrogens with two attached hydrogens (primary N) is 2. The first kappa shape index (κ1) is 15.9. The van der Waals surface area contributed by atoms with Gasteiger partial charge in [0.05, 0.1) is 0 Å². The van der Waals surface area contributed by atoms with Crippen LogP contribution in [0.2, 0.25) is 0 Å². The normalized spacial score (nSPS) is 11.4. The van der Waals surface area contributed by atoms with Crippen LogP contribution < -0.4 is 11.5 Å². The van der Waals surface area contributed by atoms with Crippen LogP contribution in [0.15, 0.2) is 0 Å². The summed E-state index contributed by atoms with van der Waals surface area (Å²) in [7, 11) is 0. The zero-order valence-electron chi connectivity index (χ0n) is 6.07. The van der Waals surface area contributed by atoms with Crippen LogP contribution in [0.3, 0.4) is 0 Å². The second-order valence-electron chi connectivity index (χ2n) is 1.88. The van der Waals surface area contributed by atoms with Crippen molar-refractivity contribution in [1.82, 2.24) is 0 Å². The summed E-state index contributed by atoms with van der Waals surface area (Å²) in [6.45, 7) is 2.04. The number of thioether (sulfide) groups is 2. The Kier molecular flexibility index (Phi) is 12.0. The third-order valence-corrected chi connectivity index (χ3v) is 3.38. The molecule has 0 rings (SSSR count). The van der Waals surface area contributed by atoms with E-state index in [4.69, 9.17) is 35.9 Å². The standard InChI is InChI=1S/C5H10N2S4.Na.H/c1-3(11-5(7)9)2-10-4(6)8;;/h3H,2H2,1H3,(H2,6,8)(H2,7,9);;. The molecule has 0 heterocycles. The van der Waals surface area contributed by atoms with Gasteiger partial charge >= 0.3 is 29.6 Å². The van der Waals surface area contributed by atoms with Gasteiger partial charge in [-0.1, -0.05) is 54.9 Å². The van der Waals surface area contributed by atoms with Crippen molar-refractivity contribution < 1.29 is 0 Å². The minimum atomic E-state index is 0. The molecule has 0 aromatic heterocycles. The van der Waals surface area contributed by atoms with Crippen molar-refractivity contribution in [3.05, 3.63) is 0 Å². The van der Waals surface area contributed by atoms with Crippen LogP contribution in [-0.2, 0) is 0 Å². The fourth-order valence-electron chi connectivity index (χ4n) is 0.432. The van der Waals surface area contributed by atoms with Gasteiger partial charge in [-0.3, -0.25) is 0 Å². The fraction of sp³-hybridized carbons (Fsp3) is 0.600. The Morgan fingerprint density at radius 3 is 2.17 bits per heavy atom. The summed E-state index contributed by atoms with van der Waals surface area (Å²) in [5.41, 5.74) is 10.6. The molecule has 0 saturated heterocycles. The van der Waals surface area contributed by atoms with Crippen molar-refractivity contribution in [3.63, 3.8) is 0 Å². The van der Waals surface area contributed by atoms with Gasteiger partial charge in [-0.15, -0.1) is 0 Å². The summed E-state index contributed by atoms with van der Waals surface area (Å²) in [6, 6.07) is 0. The maximum atomic E-state index is 5.32. The van der Waals surface area contributed by atoms with Gasteiger partial charge in [0.25, 0.3) is 0 Å². The van der Waals surface area contributed by atoms with E-state index in [9.17, 15) is 0 Å². The SMILES string of the molecule is CC(CSC(N)=S)SC(N)=S.[NaH]. The van der Waals surface area contributed by atoms with Gasteiger partial charge in [-0.2, -0.15) is 0 Å². The van der Waals surface area contributed by atoms with Gasteiger partial charge in [0.15, 0.2) is 0 Å². The fourth-order valence-corrected chi connectivity index (χ4v) is 2.40. The molecule has 0 bridgehead atoms. The van der Waals surface area contributed by atoms with E-state index < -0.39 is 0 Å². The Labute approximate surface area is 114 Å². The van der Waals surface area contributed by atoms with E-state index in [1.165, 1.54) is 23.5 Å². The van der Waals surface area contributed by atoms with Crippen molar-refractivity contribution >= 4 is 86.2 Å². The summed E-state index contributed by atoms with van der Waals surface area (Å²) in [4.78, 5) is 0. The summed E-state index contributed by atoms with van der Waals surface area (Å²) in [5.74, 6) is 0.858. The van der Waals surface area contributed by atoms with E-state index in [1.54, 1.807) is 0 Å². The molecule has 1 atom stereocenters. The third kappa shape index (κ3) is 11.5. The Morgan fingerprint density at radius 1 is 1.33 bits per heavy atom. The van der Waals surface area contributed by atoms with Crippen molar-refractivity contribution in [3.8, 4) is 0 Å². The first-order valence-electron chi connectivity index (χ1n) is 2.90. The van der Waals surface area contributed by atoms with Crippen LogP contribution >= 0.6 is 48.0 Å². The van der Waals surface area contributed by atoms with Gasteiger partial charge in [0, 0.05) is 11.0 Å². The van der Waals surface area contributed by atoms with E-state index >= 15 is 0 Å². The molecule has 0 aromatic carbocycles. The molecule has 66 valence electrons. The van der Waals surface area contributed by atoms with Crippen molar-refractivity contribution in [2.24, 2.45) is 11.5 Å². The molecule has 1 unspecified atom stereocenters. The second-order valence-corrected chi connectivity index (χ2v) is 5.82. The monoisotopic (exact) mass is 250 g/mol. The third-order valence-electron chi connectivity index (χ3n) is 0.778. The summed E-state index contributed by atoms with van der Waals surface area (Å²) >= 11 is 12.3. The van der Waals surface area contributed by atoms with E-state index in [-0.39, 0.29) is 29.6 Å². The predicted molar refractivity (Wildman–Crippen MR) is 70.2 cm³/mol. The van der Waals surface area contributed by atoms with Gasteiger partial charge in [-0.25, -0.2) is 0 Å². The van der Waals surface area contributed by atoms with E-state index in [1.807, 2.05) is 6.92 Å². The molecule has 0 radical (unpaired) electrons. The minimum absolute atomic E-state index is 0. The summed E-state index contributed by atoms with van der Waals surface area (Å²) < 4.78 is 0.946. The quantitative estimate of drug-likeness (QED) is 0.567. The number of hydrogen-bond acceptors (Lipinski definition) is 4. The van der Waals surface area contributed by atoms with Crippen LogP contribution in [0, 0.1) is 0 Å². The first-order valence-corrected chi connectivity index (χ1v) is 5.59. The molecule has 0 aromatic rings. The molecule has 0 spiro atoms. The van der Waals surface area contributed by atoms with Crippen molar-refractivity contribution in [2.45, 2.75) is 12.2 Å². The topological polar surface area (TPSA) is 52.0 Å². The van der Waals surface area contributed by atoms with Gasteiger partial charge < -0.3 is 11.5 Å². The Morgan fingerprint density at radius 2 is 1.83 bits per heavy atom. The number of thiocarbonyl (C=S) groups is 2. The van der Waals surface area contributed by atoms with Gasteiger partial charge in [-0.05, 0) is 0 Å². The zero-order valence-corrected chi connectivity index (χ0v) is 9.34. The number of hydrogen-bond donors (Lipinski definition) is 2. The molecular formula is C5H11N2NaS4. The maximum absolute atomic E-state index is 5.32. The zero-order chi connectivity index (χ0) is 8.85. The van der Waals surface area contributed by atoms with Crippen molar-refractivity contribution in [1.29, 1.82) is 0 Å². The van der Waals surface area contributed by atoms with E-state index in [2.05, 4.69) is 0 Å².